The molecule has 1 aromatic carbocycles. The molecule has 3 nitrogen and oxygen atoms in total. The molecule has 4 heteroatoms. The van der Waals surface area contributed by atoms with Crippen LogP contribution in [0.1, 0.15) is 13.8 Å². The minimum Gasteiger partial charge on any atom is -0.447 e. The van der Waals surface area contributed by atoms with Gasteiger partial charge in [0.2, 0.25) is 0 Å². The number of para-hydroxylation sites is 1. The summed E-state index contributed by atoms with van der Waals surface area (Å²) in [5, 5.41) is 2.31. The fourth-order valence-corrected chi connectivity index (χ4v) is 0.916. The van der Waals surface area contributed by atoms with E-state index < -0.39 is 11.9 Å². The van der Waals surface area contributed by atoms with E-state index in [9.17, 15) is 9.18 Å². The maximum atomic E-state index is 13.0. The molecule has 0 saturated carbocycles. The van der Waals surface area contributed by atoms with Crippen LogP contribution in [0.15, 0.2) is 24.3 Å². The minimum atomic E-state index is -0.648. The number of hydrogen-bond donors (Lipinski definition) is 1. The van der Waals surface area contributed by atoms with E-state index in [4.69, 9.17) is 4.74 Å². The largest absolute Gasteiger partial charge is 0.447 e. The number of hydrogen-bond acceptors (Lipinski definition) is 2. The number of rotatable bonds is 2. The van der Waals surface area contributed by atoms with E-state index in [0.29, 0.717) is 0 Å². The van der Waals surface area contributed by atoms with Crippen LogP contribution in [0.25, 0.3) is 0 Å². The Balaban J connectivity index is 2.61. The van der Waals surface area contributed by atoms with Gasteiger partial charge in [-0.2, -0.15) is 0 Å². The van der Waals surface area contributed by atoms with Gasteiger partial charge in [-0.1, -0.05) is 12.1 Å². The lowest BCUT2D eigenvalue weighted by Gasteiger charge is -2.09. The molecule has 0 saturated heterocycles. The molecular weight excluding hydrogens is 185 g/mol. The van der Waals surface area contributed by atoms with Crippen LogP contribution in [0.4, 0.5) is 14.9 Å². The van der Waals surface area contributed by atoms with Crippen molar-refractivity contribution < 1.29 is 13.9 Å². The van der Waals surface area contributed by atoms with Crippen LogP contribution in [0.2, 0.25) is 0 Å². The first-order valence-electron chi connectivity index (χ1n) is 4.31. The highest BCUT2D eigenvalue weighted by Crippen LogP contribution is 2.12. The van der Waals surface area contributed by atoms with Gasteiger partial charge in [0.1, 0.15) is 5.82 Å². The molecule has 0 aliphatic heterocycles. The van der Waals surface area contributed by atoms with E-state index in [1.165, 1.54) is 12.1 Å². The van der Waals surface area contributed by atoms with Gasteiger partial charge < -0.3 is 4.74 Å². The second-order valence-corrected chi connectivity index (χ2v) is 3.06. The molecule has 14 heavy (non-hydrogen) atoms. The molecule has 0 aliphatic rings. The molecular formula is C10H12FNO2. The van der Waals surface area contributed by atoms with Crippen molar-refractivity contribution in [1.82, 2.24) is 0 Å². The normalized spacial score (nSPS) is 10.0. The van der Waals surface area contributed by atoms with Gasteiger partial charge in [0.05, 0.1) is 11.8 Å². The predicted octanol–water partition coefficient (Wildman–Crippen LogP) is 2.78. The Bertz CT molecular complexity index is 326. The summed E-state index contributed by atoms with van der Waals surface area (Å²) in [4.78, 5) is 11.1. The van der Waals surface area contributed by atoms with Gasteiger partial charge in [-0.3, -0.25) is 5.32 Å². The van der Waals surface area contributed by atoms with Crippen LogP contribution in [-0.2, 0) is 4.74 Å². The second kappa shape index (κ2) is 4.60. The molecule has 0 fully saturated rings. The van der Waals surface area contributed by atoms with Crippen molar-refractivity contribution in [2.24, 2.45) is 0 Å². The first-order valence-corrected chi connectivity index (χ1v) is 4.31. The highest BCUT2D eigenvalue weighted by Gasteiger charge is 2.07. The summed E-state index contributed by atoms with van der Waals surface area (Å²) in [6.45, 7) is 3.45. The zero-order valence-corrected chi connectivity index (χ0v) is 8.08. The van der Waals surface area contributed by atoms with E-state index in [2.05, 4.69) is 5.32 Å². The van der Waals surface area contributed by atoms with Crippen molar-refractivity contribution in [1.29, 1.82) is 0 Å². The van der Waals surface area contributed by atoms with Crippen LogP contribution in [0.5, 0.6) is 0 Å². The Kier molecular flexibility index (Phi) is 3.45. The average Bonchev–Trinajstić information content (AvgIpc) is 2.07. The average molecular weight is 197 g/mol. The van der Waals surface area contributed by atoms with Gasteiger partial charge in [-0.05, 0) is 26.0 Å². The van der Waals surface area contributed by atoms with Crippen LogP contribution < -0.4 is 5.32 Å². The monoisotopic (exact) mass is 197 g/mol. The summed E-state index contributed by atoms with van der Waals surface area (Å²) < 4.78 is 17.8. The summed E-state index contributed by atoms with van der Waals surface area (Å²) in [5.41, 5.74) is 0.123. The van der Waals surface area contributed by atoms with Gasteiger partial charge in [0.25, 0.3) is 0 Å². The molecule has 1 rings (SSSR count). The second-order valence-electron chi connectivity index (χ2n) is 3.06. The first-order chi connectivity index (χ1) is 6.59. The summed E-state index contributed by atoms with van der Waals surface area (Å²) in [5.74, 6) is -0.479. The maximum Gasteiger partial charge on any atom is 0.411 e. The van der Waals surface area contributed by atoms with Crippen molar-refractivity contribution in [2.75, 3.05) is 5.32 Å². The third-order valence-corrected chi connectivity index (χ3v) is 1.45. The molecule has 0 radical (unpaired) electrons. The summed E-state index contributed by atoms with van der Waals surface area (Å²) in [7, 11) is 0. The summed E-state index contributed by atoms with van der Waals surface area (Å²) in [6, 6.07) is 5.92. The molecule has 0 bridgehead atoms. The van der Waals surface area contributed by atoms with Gasteiger partial charge in [0.15, 0.2) is 0 Å². The summed E-state index contributed by atoms with van der Waals surface area (Å²) >= 11 is 0. The molecule has 1 N–H and O–H groups in total. The Morgan fingerprint density at radius 3 is 2.64 bits per heavy atom. The van der Waals surface area contributed by atoms with Crippen LogP contribution in [0, 0.1) is 5.82 Å². The van der Waals surface area contributed by atoms with Crippen LogP contribution in [-0.4, -0.2) is 12.2 Å². The topological polar surface area (TPSA) is 38.3 Å². The number of amides is 1. The van der Waals surface area contributed by atoms with Gasteiger partial charge >= 0.3 is 6.09 Å². The molecule has 1 aromatic rings. The Morgan fingerprint density at radius 1 is 1.43 bits per heavy atom. The van der Waals surface area contributed by atoms with Gasteiger partial charge in [-0.25, -0.2) is 9.18 Å². The highest BCUT2D eigenvalue weighted by atomic mass is 19.1. The fraction of sp³-hybridized carbons (Fsp3) is 0.300. The number of halogens is 1. The Hall–Kier alpha value is -1.58. The lowest BCUT2D eigenvalue weighted by molar-refractivity contribution is 0.130. The van der Waals surface area contributed by atoms with E-state index in [-0.39, 0.29) is 11.8 Å². The smallest absolute Gasteiger partial charge is 0.411 e. The van der Waals surface area contributed by atoms with E-state index in [0.717, 1.165) is 0 Å². The number of carbonyl (C=O) groups excluding carboxylic acids is 1. The zero-order valence-electron chi connectivity index (χ0n) is 8.08. The van der Waals surface area contributed by atoms with Crippen molar-refractivity contribution in [3.8, 4) is 0 Å². The molecule has 1 amide bonds. The van der Waals surface area contributed by atoms with Gasteiger partial charge in [0, 0.05) is 0 Å². The zero-order chi connectivity index (χ0) is 10.6. The SMILES string of the molecule is CC(C)OC(=O)Nc1ccccc1F. The molecule has 76 valence electrons. The lowest BCUT2D eigenvalue weighted by Crippen LogP contribution is -2.18. The minimum absolute atomic E-state index is 0.123. The summed E-state index contributed by atoms with van der Waals surface area (Å²) in [6.07, 6.45) is -0.869. The van der Waals surface area contributed by atoms with Crippen molar-refractivity contribution in [2.45, 2.75) is 20.0 Å². The Morgan fingerprint density at radius 2 is 2.07 bits per heavy atom. The molecule has 0 aromatic heterocycles. The number of anilines is 1. The third kappa shape index (κ3) is 3.05. The fourth-order valence-electron chi connectivity index (χ4n) is 0.916. The first kappa shape index (κ1) is 10.5. The lowest BCUT2D eigenvalue weighted by atomic mass is 10.3. The quantitative estimate of drug-likeness (QED) is 0.791. The number of nitrogens with one attached hydrogen (secondary N) is 1. The van der Waals surface area contributed by atoms with E-state index in [1.54, 1.807) is 26.0 Å². The highest BCUT2D eigenvalue weighted by molar-refractivity contribution is 5.84. The number of benzene rings is 1. The Labute approximate surface area is 81.9 Å². The van der Waals surface area contributed by atoms with Crippen molar-refractivity contribution >= 4 is 11.8 Å². The molecule has 0 heterocycles. The molecule has 0 unspecified atom stereocenters. The van der Waals surface area contributed by atoms with Crippen molar-refractivity contribution in [3.63, 3.8) is 0 Å². The molecule has 0 aliphatic carbocycles. The predicted molar refractivity (Wildman–Crippen MR) is 51.6 cm³/mol. The third-order valence-electron chi connectivity index (χ3n) is 1.45. The number of carbonyl (C=O) groups is 1. The standard InChI is InChI=1S/C10H12FNO2/c1-7(2)14-10(13)12-9-6-4-3-5-8(9)11/h3-7H,1-2H3,(H,12,13). The maximum absolute atomic E-state index is 13.0. The van der Waals surface area contributed by atoms with Crippen LogP contribution in [0.3, 0.4) is 0 Å². The van der Waals surface area contributed by atoms with E-state index >= 15 is 0 Å². The van der Waals surface area contributed by atoms with Crippen LogP contribution >= 0.6 is 0 Å². The van der Waals surface area contributed by atoms with E-state index in [1.807, 2.05) is 0 Å². The van der Waals surface area contributed by atoms with Crippen molar-refractivity contribution in [3.05, 3.63) is 30.1 Å². The molecule has 0 spiro atoms. The number of ether oxygens (including phenoxy) is 1. The molecule has 0 atom stereocenters. The van der Waals surface area contributed by atoms with Gasteiger partial charge in [-0.15, -0.1) is 0 Å².